The van der Waals surface area contributed by atoms with Crippen molar-refractivity contribution >= 4 is 28.2 Å². The third kappa shape index (κ3) is 7.71. The lowest BCUT2D eigenvalue weighted by atomic mass is 9.99. The second kappa shape index (κ2) is 13.1. The molecule has 0 aliphatic carbocycles. The number of ketones is 2. The lowest BCUT2D eigenvalue weighted by Gasteiger charge is -2.09. The minimum absolute atomic E-state index is 0.0261. The molecule has 0 saturated heterocycles. The number of fused-ring (bicyclic) bond motifs is 1. The summed E-state index contributed by atoms with van der Waals surface area (Å²) < 4.78 is 0. The lowest BCUT2D eigenvalue weighted by molar-refractivity contribution is -0.115. The molecule has 4 nitrogen and oxygen atoms in total. The molecule has 5 aromatic rings. The predicted molar refractivity (Wildman–Crippen MR) is 158 cm³/mol. The molecule has 0 atom stereocenters. The number of nitrogens with zero attached hydrogens (tertiary/aromatic N) is 1. The van der Waals surface area contributed by atoms with Crippen LogP contribution in [0.5, 0.6) is 0 Å². The van der Waals surface area contributed by atoms with Gasteiger partial charge in [0.1, 0.15) is 5.78 Å². The van der Waals surface area contributed by atoms with Crippen LogP contribution in [0.2, 0.25) is 0 Å². The van der Waals surface area contributed by atoms with E-state index in [9.17, 15) is 9.59 Å². The lowest BCUT2D eigenvalue weighted by Crippen LogP contribution is -2.05. The zero-order valence-corrected chi connectivity index (χ0v) is 22.7. The number of aryl methyl sites for hydroxylation is 3. The van der Waals surface area contributed by atoms with Crippen molar-refractivity contribution < 1.29 is 9.59 Å². The summed E-state index contributed by atoms with van der Waals surface area (Å²) in [5.41, 5.74) is 14.5. The van der Waals surface area contributed by atoms with E-state index in [4.69, 9.17) is 5.73 Å². The average Bonchev–Trinajstić information content (AvgIpc) is 2.90. The van der Waals surface area contributed by atoms with Crippen molar-refractivity contribution in [1.29, 1.82) is 0 Å². The molecule has 1 aromatic heterocycles. The molecule has 0 amide bonds. The third-order valence-corrected chi connectivity index (χ3v) is 5.67. The van der Waals surface area contributed by atoms with Crippen molar-refractivity contribution in [2.75, 3.05) is 5.73 Å². The van der Waals surface area contributed by atoms with Gasteiger partial charge in [-0.2, -0.15) is 0 Å². The van der Waals surface area contributed by atoms with Crippen LogP contribution in [-0.4, -0.2) is 16.6 Å². The molecule has 192 valence electrons. The van der Waals surface area contributed by atoms with E-state index in [0.29, 0.717) is 16.8 Å². The first kappa shape index (κ1) is 28.0. The van der Waals surface area contributed by atoms with E-state index in [-0.39, 0.29) is 11.6 Å². The van der Waals surface area contributed by atoms with E-state index in [0.717, 1.165) is 16.8 Å². The topological polar surface area (TPSA) is 73.1 Å². The summed E-state index contributed by atoms with van der Waals surface area (Å²) in [7, 11) is 0. The Morgan fingerprint density at radius 1 is 0.684 bits per heavy atom. The number of rotatable bonds is 3. The summed E-state index contributed by atoms with van der Waals surface area (Å²) in [5.74, 6) is 0.141. The summed E-state index contributed by atoms with van der Waals surface area (Å²) >= 11 is 0. The molecule has 1 heterocycles. The van der Waals surface area contributed by atoms with Gasteiger partial charge in [-0.3, -0.25) is 9.78 Å². The molecule has 0 aliphatic heterocycles. The smallest absolute Gasteiger partial charge is 0.195 e. The van der Waals surface area contributed by atoms with E-state index in [1.165, 1.54) is 35.9 Å². The fraction of sp³-hybridized carbons (Fsp3) is 0.147. The number of benzene rings is 4. The van der Waals surface area contributed by atoms with Gasteiger partial charge in [0.15, 0.2) is 5.78 Å². The highest BCUT2D eigenvalue weighted by molar-refractivity contribution is 6.12. The number of pyridine rings is 1. The number of anilines is 1. The van der Waals surface area contributed by atoms with Crippen LogP contribution in [0.3, 0.4) is 0 Å². The highest BCUT2D eigenvalue weighted by atomic mass is 16.1. The summed E-state index contributed by atoms with van der Waals surface area (Å²) in [4.78, 5) is 26.2. The van der Waals surface area contributed by atoms with Gasteiger partial charge in [0.2, 0.25) is 0 Å². The molecule has 0 bridgehead atoms. The van der Waals surface area contributed by atoms with Crippen LogP contribution < -0.4 is 5.73 Å². The monoisotopic (exact) mass is 502 g/mol. The number of nitrogens with two attached hydrogens (primary N) is 1. The van der Waals surface area contributed by atoms with Crippen LogP contribution in [0, 0.1) is 20.8 Å². The summed E-state index contributed by atoms with van der Waals surface area (Å²) in [6.07, 6.45) is 0. The Labute approximate surface area is 225 Å². The molecular weight excluding hydrogens is 468 g/mol. The van der Waals surface area contributed by atoms with Crippen LogP contribution in [-0.2, 0) is 4.79 Å². The number of carbonyl (C=O) groups is 2. The fourth-order valence-electron chi connectivity index (χ4n) is 3.94. The van der Waals surface area contributed by atoms with Gasteiger partial charge in [0.05, 0.1) is 5.52 Å². The Kier molecular flexibility index (Phi) is 9.66. The molecule has 0 fully saturated rings. The molecule has 5 rings (SSSR count). The van der Waals surface area contributed by atoms with Gasteiger partial charge in [-0.05, 0) is 76.1 Å². The van der Waals surface area contributed by atoms with Gasteiger partial charge >= 0.3 is 0 Å². The van der Waals surface area contributed by atoms with Gasteiger partial charge in [-0.15, -0.1) is 0 Å². The quantitative estimate of drug-likeness (QED) is 0.201. The van der Waals surface area contributed by atoms with Crippen molar-refractivity contribution in [3.8, 4) is 11.1 Å². The minimum atomic E-state index is -0.0261. The second-order valence-electron chi connectivity index (χ2n) is 9.39. The largest absolute Gasteiger partial charge is 0.398 e. The van der Waals surface area contributed by atoms with E-state index in [1.54, 1.807) is 18.2 Å². The molecule has 4 heteroatoms. The first-order chi connectivity index (χ1) is 18.2. The zero-order chi connectivity index (χ0) is 27.7. The van der Waals surface area contributed by atoms with Gasteiger partial charge in [-0.25, -0.2) is 0 Å². The molecule has 2 N–H and O–H groups in total. The Bertz CT molecular complexity index is 1540. The van der Waals surface area contributed by atoms with Crippen LogP contribution >= 0.6 is 0 Å². The van der Waals surface area contributed by atoms with E-state index < -0.39 is 0 Å². The zero-order valence-electron chi connectivity index (χ0n) is 22.7. The Hall–Kier alpha value is -4.57. The third-order valence-electron chi connectivity index (χ3n) is 5.67. The van der Waals surface area contributed by atoms with Crippen molar-refractivity contribution in [2.24, 2.45) is 0 Å². The first-order valence-electron chi connectivity index (χ1n) is 12.5. The van der Waals surface area contributed by atoms with Gasteiger partial charge in [-0.1, -0.05) is 83.9 Å². The Balaban J connectivity index is 0.000000186. The van der Waals surface area contributed by atoms with Crippen molar-refractivity contribution in [2.45, 2.75) is 34.6 Å². The normalized spacial score (nSPS) is 10.0. The molecule has 0 aliphatic rings. The van der Waals surface area contributed by atoms with Crippen molar-refractivity contribution in [3.05, 3.63) is 131 Å². The maximum Gasteiger partial charge on any atom is 0.195 e. The molecule has 38 heavy (non-hydrogen) atoms. The first-order valence-corrected chi connectivity index (χ1v) is 12.5. The molecule has 4 aromatic carbocycles. The number of nitrogen functional groups attached to an aromatic ring is 1. The SMILES string of the molecule is CC(C)=O.Cc1ccc(N)c(C(=O)c2ccccc2)c1.Cc1ccc2nc(C)cc(-c3ccccc3)c2c1. The number of aromatic nitrogens is 1. The van der Waals surface area contributed by atoms with Gasteiger partial charge in [0.25, 0.3) is 0 Å². The number of hydrogen-bond donors (Lipinski definition) is 1. The number of Topliss-reactive ketones (excluding diaryl/α,β-unsaturated/α-hetero) is 1. The van der Waals surface area contributed by atoms with E-state index >= 15 is 0 Å². The van der Waals surface area contributed by atoms with Crippen LogP contribution in [0.1, 0.15) is 46.6 Å². The standard InChI is InChI=1S/C17H15N.C14H13NO.C3H6O/c1-12-8-9-17-16(10-12)15(11-13(2)18-17)14-6-4-3-5-7-14;1-10-7-8-13(15)12(9-10)14(16)11-5-3-2-4-6-11;1-3(2)4/h3-11H,1-2H3;2-9H,15H2,1H3;1-2H3. The van der Waals surface area contributed by atoms with Gasteiger partial charge in [0, 0.05) is 27.9 Å². The van der Waals surface area contributed by atoms with Crippen LogP contribution in [0.25, 0.3) is 22.0 Å². The summed E-state index contributed by atoms with van der Waals surface area (Å²) in [6.45, 7) is 9.17. The van der Waals surface area contributed by atoms with Gasteiger partial charge < -0.3 is 10.5 Å². The Morgan fingerprint density at radius 2 is 1.24 bits per heavy atom. The van der Waals surface area contributed by atoms with Crippen LogP contribution in [0.15, 0.2) is 103 Å². The summed E-state index contributed by atoms with van der Waals surface area (Å²) in [6, 6.07) is 33.8. The fourth-order valence-corrected chi connectivity index (χ4v) is 3.94. The van der Waals surface area contributed by atoms with E-state index in [2.05, 4.69) is 60.4 Å². The number of carbonyl (C=O) groups excluding carboxylic acids is 2. The Morgan fingerprint density at radius 3 is 1.87 bits per heavy atom. The average molecular weight is 503 g/mol. The molecule has 0 spiro atoms. The number of hydrogen-bond acceptors (Lipinski definition) is 4. The predicted octanol–water partition coefficient (Wildman–Crippen LogP) is 7.92. The minimum Gasteiger partial charge on any atom is -0.398 e. The molecular formula is C34H34N2O2. The highest BCUT2D eigenvalue weighted by Gasteiger charge is 2.11. The van der Waals surface area contributed by atoms with Crippen LogP contribution in [0.4, 0.5) is 5.69 Å². The highest BCUT2D eigenvalue weighted by Crippen LogP contribution is 2.29. The maximum atomic E-state index is 12.1. The molecule has 0 unspecified atom stereocenters. The maximum absolute atomic E-state index is 12.1. The molecule has 0 radical (unpaired) electrons. The van der Waals surface area contributed by atoms with Crippen molar-refractivity contribution in [3.63, 3.8) is 0 Å². The van der Waals surface area contributed by atoms with Crippen molar-refractivity contribution in [1.82, 2.24) is 4.98 Å². The summed E-state index contributed by atoms with van der Waals surface area (Å²) in [5, 5.41) is 1.23. The van der Waals surface area contributed by atoms with E-state index in [1.807, 2.05) is 50.2 Å². The second-order valence-corrected chi connectivity index (χ2v) is 9.39. The molecule has 0 saturated carbocycles.